The van der Waals surface area contributed by atoms with E-state index < -0.39 is 10.1 Å². The summed E-state index contributed by atoms with van der Waals surface area (Å²) in [6, 6.07) is 16.8. The van der Waals surface area contributed by atoms with Gasteiger partial charge in [0.05, 0.1) is 16.6 Å². The maximum absolute atomic E-state index is 12.0. The molecule has 0 atom stereocenters. The number of rotatable bonds is 3. The van der Waals surface area contributed by atoms with Gasteiger partial charge >= 0.3 is 0 Å². The number of nitrogens with zero attached hydrogens (tertiary/aromatic N) is 2. The Kier molecular flexibility index (Phi) is 4.73. The summed E-state index contributed by atoms with van der Waals surface area (Å²) in [5.41, 5.74) is 2.73. The number of hydrogen-bond acceptors (Lipinski definition) is 7. The predicted octanol–water partition coefficient (Wildman–Crippen LogP) is 1.69. The van der Waals surface area contributed by atoms with Crippen LogP contribution < -0.4 is 26.7 Å². The van der Waals surface area contributed by atoms with Crippen molar-refractivity contribution in [2.24, 2.45) is 11.7 Å². The van der Waals surface area contributed by atoms with Gasteiger partial charge < -0.3 is 14.0 Å². The maximum atomic E-state index is 12.0. The van der Waals surface area contributed by atoms with Crippen LogP contribution in [0, 0.1) is 0 Å². The standard InChI is InChI=1S/C21H20N4O4S/c1-24(22)13-7-9-15-18(11-13)29-19-12-14(25(2)23)8-10-16(19)21(15)17-5-3-4-6-20(17)30(26,27)28/h3-12H,22-23H2,1-2H3. The van der Waals surface area contributed by atoms with E-state index in [1.54, 1.807) is 62.6 Å². The molecule has 4 N–H and O–H groups in total. The van der Waals surface area contributed by atoms with Gasteiger partial charge in [-0.25, -0.2) is 20.1 Å². The summed E-state index contributed by atoms with van der Waals surface area (Å²) in [5.74, 6) is 12.2. The van der Waals surface area contributed by atoms with E-state index in [1.165, 1.54) is 21.8 Å². The highest BCUT2D eigenvalue weighted by atomic mass is 32.2. The van der Waals surface area contributed by atoms with E-state index in [0.717, 1.165) is 0 Å². The fourth-order valence-corrected chi connectivity index (χ4v) is 4.17. The van der Waals surface area contributed by atoms with E-state index >= 15 is 0 Å². The zero-order valence-electron chi connectivity index (χ0n) is 16.4. The van der Waals surface area contributed by atoms with Crippen LogP contribution in [-0.4, -0.2) is 27.1 Å². The van der Waals surface area contributed by atoms with Gasteiger partial charge in [-0.1, -0.05) is 18.2 Å². The Bertz CT molecular complexity index is 1420. The molecule has 1 aliphatic heterocycles. The Balaban J connectivity index is 2.21. The van der Waals surface area contributed by atoms with Gasteiger partial charge in [0.1, 0.15) is 21.5 Å². The SMILES string of the molecule is CN(N)c1ccc2c(-c3ccccc3S(=O)(=O)[O-])c3cc/c(=[N+](/C)N)cc-3oc2c1. The van der Waals surface area contributed by atoms with Crippen LogP contribution in [0.4, 0.5) is 5.69 Å². The summed E-state index contributed by atoms with van der Waals surface area (Å²) in [7, 11) is -1.30. The molecule has 0 saturated carbocycles. The first-order valence-electron chi connectivity index (χ1n) is 9.02. The lowest BCUT2D eigenvalue weighted by Crippen LogP contribution is -2.31. The third-order valence-electron chi connectivity index (χ3n) is 4.93. The average molecular weight is 424 g/mol. The summed E-state index contributed by atoms with van der Waals surface area (Å²) in [4.78, 5) is -0.293. The van der Waals surface area contributed by atoms with E-state index in [9.17, 15) is 13.0 Å². The zero-order valence-corrected chi connectivity index (χ0v) is 17.2. The van der Waals surface area contributed by atoms with Gasteiger partial charge in [-0.05, 0) is 24.3 Å². The Hall–Kier alpha value is -3.40. The molecule has 0 bridgehead atoms. The lowest BCUT2D eigenvalue weighted by molar-refractivity contribution is 0.463. The Morgan fingerprint density at radius 3 is 2.43 bits per heavy atom. The minimum Gasteiger partial charge on any atom is -0.744 e. The number of hydrogen-bond donors (Lipinski definition) is 2. The van der Waals surface area contributed by atoms with Crippen LogP contribution >= 0.6 is 0 Å². The van der Waals surface area contributed by atoms with Gasteiger partial charge in [0.2, 0.25) is 5.36 Å². The molecule has 4 rings (SSSR count). The molecule has 0 aromatic heterocycles. The van der Waals surface area contributed by atoms with Crippen molar-refractivity contribution in [2.45, 2.75) is 4.90 Å². The molecule has 0 spiro atoms. The lowest BCUT2D eigenvalue weighted by Gasteiger charge is -2.20. The van der Waals surface area contributed by atoms with E-state index in [1.807, 2.05) is 0 Å². The molecule has 0 amide bonds. The summed E-state index contributed by atoms with van der Waals surface area (Å²) in [6.07, 6.45) is 0. The second-order valence-corrected chi connectivity index (χ2v) is 8.36. The quantitative estimate of drug-likeness (QED) is 0.168. The van der Waals surface area contributed by atoms with Crippen molar-refractivity contribution in [1.82, 2.24) is 4.68 Å². The van der Waals surface area contributed by atoms with Crippen molar-refractivity contribution in [2.75, 3.05) is 19.1 Å². The smallest absolute Gasteiger partial charge is 0.232 e. The minimum absolute atomic E-state index is 0.293. The van der Waals surface area contributed by atoms with Crippen LogP contribution in [0.25, 0.3) is 33.4 Å². The monoisotopic (exact) mass is 424 g/mol. The first kappa shape index (κ1) is 19.9. The molecule has 0 saturated heterocycles. The molecule has 9 heteroatoms. The summed E-state index contributed by atoms with van der Waals surface area (Å²) in [6.45, 7) is 0. The molecule has 0 fully saturated rings. The highest BCUT2D eigenvalue weighted by Gasteiger charge is 2.22. The largest absolute Gasteiger partial charge is 0.744 e. The minimum atomic E-state index is -4.70. The number of benzene rings is 3. The predicted molar refractivity (Wildman–Crippen MR) is 114 cm³/mol. The molecule has 2 aliphatic rings. The van der Waals surface area contributed by atoms with Crippen molar-refractivity contribution in [3.63, 3.8) is 0 Å². The molecule has 2 aromatic carbocycles. The third-order valence-corrected chi connectivity index (χ3v) is 5.82. The molecule has 0 unspecified atom stereocenters. The van der Waals surface area contributed by atoms with E-state index in [2.05, 4.69) is 0 Å². The molecular formula is C21H20N4O4S. The molecule has 30 heavy (non-hydrogen) atoms. The van der Waals surface area contributed by atoms with Crippen LogP contribution in [0.3, 0.4) is 0 Å². The van der Waals surface area contributed by atoms with Crippen LogP contribution in [0.5, 0.6) is 0 Å². The lowest BCUT2D eigenvalue weighted by atomic mass is 9.93. The average Bonchev–Trinajstić information content (AvgIpc) is 2.70. The molecule has 8 nitrogen and oxygen atoms in total. The van der Waals surface area contributed by atoms with Crippen molar-refractivity contribution in [3.05, 3.63) is 66.0 Å². The van der Waals surface area contributed by atoms with Crippen molar-refractivity contribution >= 4 is 26.8 Å². The first-order valence-corrected chi connectivity index (χ1v) is 10.4. The van der Waals surface area contributed by atoms with E-state index in [-0.39, 0.29) is 4.90 Å². The van der Waals surface area contributed by atoms with Crippen LogP contribution in [0.1, 0.15) is 0 Å². The highest BCUT2D eigenvalue weighted by Crippen LogP contribution is 2.42. The van der Waals surface area contributed by atoms with Gasteiger partial charge in [-0.2, -0.15) is 0 Å². The van der Waals surface area contributed by atoms with E-state index in [0.29, 0.717) is 44.5 Å². The fraction of sp³-hybridized carbons (Fsp3) is 0.0952. The van der Waals surface area contributed by atoms with Crippen LogP contribution in [0.15, 0.2) is 70.0 Å². The maximum Gasteiger partial charge on any atom is 0.232 e. The topological polar surface area (TPSA) is 129 Å². The molecule has 2 aromatic rings. The van der Waals surface area contributed by atoms with Gasteiger partial charge in [-0.3, -0.25) is 0 Å². The molecule has 1 heterocycles. The first-order chi connectivity index (χ1) is 14.2. The summed E-state index contributed by atoms with van der Waals surface area (Å²) < 4.78 is 43.4. The van der Waals surface area contributed by atoms with Gasteiger partial charge in [0.15, 0.2) is 7.05 Å². The number of fused-ring (bicyclic) bond motifs is 2. The third kappa shape index (κ3) is 3.39. The highest BCUT2D eigenvalue weighted by molar-refractivity contribution is 7.85. The van der Waals surface area contributed by atoms with Crippen molar-refractivity contribution < 1.29 is 17.4 Å². The van der Waals surface area contributed by atoms with Crippen molar-refractivity contribution in [1.29, 1.82) is 0 Å². The Morgan fingerprint density at radius 1 is 1.03 bits per heavy atom. The zero-order chi connectivity index (χ0) is 21.6. The Labute approximate surface area is 173 Å². The molecular weight excluding hydrogens is 404 g/mol. The van der Waals surface area contributed by atoms with Crippen LogP contribution in [0.2, 0.25) is 0 Å². The second kappa shape index (κ2) is 7.13. The molecule has 154 valence electrons. The van der Waals surface area contributed by atoms with E-state index in [4.69, 9.17) is 16.1 Å². The van der Waals surface area contributed by atoms with Gasteiger partial charge in [-0.15, -0.1) is 4.68 Å². The fourth-order valence-electron chi connectivity index (χ4n) is 3.49. The summed E-state index contributed by atoms with van der Waals surface area (Å²) in [5, 5.41) is 2.80. The Morgan fingerprint density at radius 2 is 1.77 bits per heavy atom. The normalized spacial score (nSPS) is 12.9. The van der Waals surface area contributed by atoms with Crippen LogP contribution in [-0.2, 0) is 10.1 Å². The summed E-state index contributed by atoms with van der Waals surface area (Å²) >= 11 is 0. The number of anilines is 1. The number of hydrazine groups is 2. The molecule has 0 radical (unpaired) electrons. The van der Waals surface area contributed by atoms with Gasteiger partial charge in [0, 0.05) is 41.3 Å². The van der Waals surface area contributed by atoms with Gasteiger partial charge in [0.25, 0.3) is 0 Å². The second-order valence-electron chi connectivity index (χ2n) is 7.01. The molecule has 1 aliphatic carbocycles. The van der Waals surface area contributed by atoms with Crippen molar-refractivity contribution in [3.8, 4) is 22.5 Å². The number of nitrogens with two attached hydrogens (primary N) is 2.